The highest BCUT2D eigenvalue weighted by molar-refractivity contribution is 6.06. The molecule has 1 aliphatic heterocycles. The lowest BCUT2D eigenvalue weighted by atomic mass is 9.96. The van der Waals surface area contributed by atoms with Gasteiger partial charge in [0.25, 0.3) is 5.91 Å². The Morgan fingerprint density at radius 2 is 1.94 bits per heavy atom. The first-order valence-corrected chi connectivity index (χ1v) is 11.4. The topological polar surface area (TPSA) is 148 Å². The van der Waals surface area contributed by atoms with Crippen LogP contribution in [0.5, 0.6) is 5.75 Å². The summed E-state index contributed by atoms with van der Waals surface area (Å²) in [6.45, 7) is 8.27. The van der Waals surface area contributed by atoms with Crippen molar-refractivity contribution in [2.45, 2.75) is 52.8 Å². The average molecular weight is 484 g/mol. The van der Waals surface area contributed by atoms with E-state index in [4.69, 9.17) is 21.2 Å². The van der Waals surface area contributed by atoms with E-state index < -0.39 is 5.91 Å². The lowest BCUT2D eigenvalue weighted by Crippen LogP contribution is -2.44. The van der Waals surface area contributed by atoms with Crippen LogP contribution >= 0.6 is 0 Å². The summed E-state index contributed by atoms with van der Waals surface area (Å²) in [4.78, 5) is 31.6. The van der Waals surface area contributed by atoms with Gasteiger partial charge in [-0.25, -0.2) is 15.6 Å². The molecular formula is C24H33N7O4. The smallest absolute Gasteiger partial charge is 0.410 e. The van der Waals surface area contributed by atoms with E-state index in [9.17, 15) is 9.59 Å². The molecule has 0 radical (unpaired) electrons. The number of pyridine rings is 1. The number of carbonyl (C=O) groups is 2. The van der Waals surface area contributed by atoms with Crippen LogP contribution in [0.1, 0.15) is 54.9 Å². The van der Waals surface area contributed by atoms with Crippen molar-refractivity contribution < 1.29 is 19.1 Å². The maximum Gasteiger partial charge on any atom is 0.410 e. The number of amidine groups is 1. The van der Waals surface area contributed by atoms with E-state index in [1.165, 1.54) is 12.1 Å². The first-order chi connectivity index (χ1) is 16.6. The number of rotatable bonds is 6. The standard InChI is InChI=1S/C24H33N7O4/c1-14(2)31(26)22(29-25)19-7-6-8-21(27-19)28-23(32)18-11-17-13-30(24(33)35-15(3)4)10-9-16(17)12-20(18)34-5/h6-8,11-12,14-15H,9-10,13,25-26H2,1-5H3,(H,27,28,32)/b29-22-. The van der Waals surface area contributed by atoms with Crippen molar-refractivity contribution in [1.29, 1.82) is 0 Å². The van der Waals surface area contributed by atoms with Gasteiger partial charge in [-0.05, 0) is 69.5 Å². The van der Waals surface area contributed by atoms with Crippen LogP contribution in [0.15, 0.2) is 35.4 Å². The van der Waals surface area contributed by atoms with Gasteiger partial charge < -0.3 is 25.5 Å². The number of nitrogens with two attached hydrogens (primary N) is 2. The molecule has 1 aromatic heterocycles. The highest BCUT2D eigenvalue weighted by Gasteiger charge is 2.26. The molecule has 0 spiro atoms. The average Bonchev–Trinajstić information content (AvgIpc) is 2.82. The molecule has 3 rings (SSSR count). The Labute approximate surface area is 205 Å². The molecule has 0 fully saturated rings. The fourth-order valence-corrected chi connectivity index (χ4v) is 3.69. The molecule has 188 valence electrons. The van der Waals surface area contributed by atoms with Crippen molar-refractivity contribution in [1.82, 2.24) is 14.9 Å². The summed E-state index contributed by atoms with van der Waals surface area (Å²) in [6.07, 6.45) is 0.0547. The summed E-state index contributed by atoms with van der Waals surface area (Å²) in [7, 11) is 1.51. The third-order valence-electron chi connectivity index (χ3n) is 5.52. The summed E-state index contributed by atoms with van der Waals surface area (Å²) < 4.78 is 10.8. The number of amides is 2. The van der Waals surface area contributed by atoms with Gasteiger partial charge in [0.1, 0.15) is 17.3 Å². The van der Waals surface area contributed by atoms with Gasteiger partial charge in [-0.2, -0.15) is 5.10 Å². The van der Waals surface area contributed by atoms with E-state index in [0.29, 0.717) is 42.3 Å². The predicted octanol–water partition coefficient (Wildman–Crippen LogP) is 2.45. The lowest BCUT2D eigenvalue weighted by Gasteiger charge is -2.29. The zero-order valence-electron chi connectivity index (χ0n) is 20.7. The number of hydrazine groups is 1. The summed E-state index contributed by atoms with van der Waals surface area (Å²) in [6, 6.07) is 8.60. The first kappa shape index (κ1) is 25.8. The molecule has 11 nitrogen and oxygen atoms in total. The van der Waals surface area contributed by atoms with Crippen molar-refractivity contribution in [3.05, 3.63) is 52.7 Å². The zero-order chi connectivity index (χ0) is 25.7. The number of aromatic nitrogens is 1. The first-order valence-electron chi connectivity index (χ1n) is 11.4. The van der Waals surface area contributed by atoms with Crippen LogP contribution in [-0.2, 0) is 17.7 Å². The predicted molar refractivity (Wildman–Crippen MR) is 133 cm³/mol. The van der Waals surface area contributed by atoms with E-state index >= 15 is 0 Å². The van der Waals surface area contributed by atoms with Gasteiger partial charge in [0.2, 0.25) is 0 Å². The van der Waals surface area contributed by atoms with Gasteiger partial charge >= 0.3 is 6.09 Å². The molecule has 0 saturated heterocycles. The largest absolute Gasteiger partial charge is 0.496 e. The van der Waals surface area contributed by atoms with Crippen molar-refractivity contribution in [2.24, 2.45) is 16.8 Å². The number of fused-ring (bicyclic) bond motifs is 1. The van der Waals surface area contributed by atoms with Crippen LogP contribution in [0.25, 0.3) is 0 Å². The van der Waals surface area contributed by atoms with Gasteiger partial charge in [-0.3, -0.25) is 9.80 Å². The third kappa shape index (κ3) is 5.99. The van der Waals surface area contributed by atoms with E-state index in [2.05, 4.69) is 15.4 Å². The summed E-state index contributed by atoms with van der Waals surface area (Å²) in [5.41, 5.74) is 2.62. The van der Waals surface area contributed by atoms with Crippen molar-refractivity contribution >= 4 is 23.7 Å². The number of hydrazone groups is 1. The van der Waals surface area contributed by atoms with Gasteiger partial charge in [0.05, 0.1) is 18.8 Å². The maximum atomic E-state index is 13.2. The van der Waals surface area contributed by atoms with Crippen LogP contribution in [0.3, 0.4) is 0 Å². The summed E-state index contributed by atoms with van der Waals surface area (Å²) >= 11 is 0. The Balaban J connectivity index is 1.85. The minimum absolute atomic E-state index is 0.0607. The third-order valence-corrected chi connectivity index (χ3v) is 5.52. The fraction of sp³-hybridized carbons (Fsp3) is 0.417. The Morgan fingerprint density at radius 3 is 2.57 bits per heavy atom. The van der Waals surface area contributed by atoms with Gasteiger partial charge in [-0.1, -0.05) is 6.07 Å². The SMILES string of the molecule is COc1cc2c(cc1C(=O)Nc1cccc(/C(=N/N)N(N)C(C)C)n1)CN(C(=O)OC(C)C)CC2. The second kappa shape index (κ2) is 11.0. The maximum absolute atomic E-state index is 13.2. The lowest BCUT2D eigenvalue weighted by molar-refractivity contribution is 0.0730. The van der Waals surface area contributed by atoms with E-state index in [1.54, 1.807) is 29.2 Å². The number of hydrogen-bond acceptors (Lipinski definition) is 8. The molecule has 2 aromatic rings. The normalized spacial score (nSPS) is 13.5. The van der Waals surface area contributed by atoms with Crippen molar-refractivity contribution in [2.75, 3.05) is 19.0 Å². The number of carbonyl (C=O) groups excluding carboxylic acids is 2. The van der Waals surface area contributed by atoms with E-state index in [0.717, 1.165) is 11.1 Å². The van der Waals surface area contributed by atoms with Crippen LogP contribution in [0.2, 0.25) is 0 Å². The number of benzene rings is 1. The van der Waals surface area contributed by atoms with Gasteiger partial charge in [0.15, 0.2) is 5.84 Å². The molecule has 1 aliphatic rings. The van der Waals surface area contributed by atoms with Crippen molar-refractivity contribution in [3.8, 4) is 5.75 Å². The fourth-order valence-electron chi connectivity index (χ4n) is 3.69. The highest BCUT2D eigenvalue weighted by Crippen LogP contribution is 2.29. The van der Waals surface area contributed by atoms with Crippen LogP contribution in [-0.4, -0.2) is 58.5 Å². The van der Waals surface area contributed by atoms with Gasteiger partial charge in [0, 0.05) is 19.1 Å². The Bertz CT molecular complexity index is 1120. The summed E-state index contributed by atoms with van der Waals surface area (Å²) in [5, 5.41) is 7.95. The van der Waals surface area contributed by atoms with Crippen molar-refractivity contribution in [3.63, 3.8) is 0 Å². The molecule has 11 heteroatoms. The zero-order valence-corrected chi connectivity index (χ0v) is 20.7. The molecular weight excluding hydrogens is 450 g/mol. The summed E-state index contributed by atoms with van der Waals surface area (Å²) in [5.74, 6) is 12.2. The molecule has 5 N–H and O–H groups in total. The Hall–Kier alpha value is -3.86. The molecule has 0 atom stereocenters. The molecule has 0 saturated carbocycles. The van der Waals surface area contributed by atoms with Crippen LogP contribution in [0, 0.1) is 0 Å². The number of nitrogens with one attached hydrogen (secondary N) is 1. The van der Waals surface area contributed by atoms with Crippen LogP contribution < -0.4 is 21.7 Å². The number of nitrogens with zero attached hydrogens (tertiary/aromatic N) is 4. The molecule has 0 bridgehead atoms. The molecule has 35 heavy (non-hydrogen) atoms. The number of methoxy groups -OCH3 is 1. The monoisotopic (exact) mass is 483 g/mol. The minimum atomic E-state index is -0.407. The minimum Gasteiger partial charge on any atom is -0.496 e. The Kier molecular flexibility index (Phi) is 8.13. The van der Waals surface area contributed by atoms with E-state index in [-0.39, 0.29) is 24.1 Å². The number of hydrogen-bond donors (Lipinski definition) is 3. The molecule has 2 heterocycles. The quantitative estimate of drug-likeness (QED) is 0.246. The van der Waals surface area contributed by atoms with Crippen LogP contribution in [0.4, 0.5) is 10.6 Å². The Morgan fingerprint density at radius 1 is 1.20 bits per heavy atom. The molecule has 0 aliphatic carbocycles. The highest BCUT2D eigenvalue weighted by atomic mass is 16.6. The van der Waals surface area contributed by atoms with Gasteiger partial charge in [-0.15, -0.1) is 0 Å². The molecule has 0 unspecified atom stereocenters. The number of ether oxygens (including phenoxy) is 2. The second-order valence-electron chi connectivity index (χ2n) is 8.74. The second-order valence-corrected chi connectivity index (χ2v) is 8.74. The molecule has 2 amide bonds. The number of anilines is 1. The molecule has 1 aromatic carbocycles. The van der Waals surface area contributed by atoms with E-state index in [1.807, 2.05) is 33.8 Å².